The van der Waals surface area contributed by atoms with Crippen molar-refractivity contribution in [2.75, 3.05) is 12.3 Å². The number of thioether (sulfide) groups is 1. The van der Waals surface area contributed by atoms with Gasteiger partial charge in [0.2, 0.25) is 5.91 Å². The van der Waals surface area contributed by atoms with Gasteiger partial charge in [-0.1, -0.05) is 23.9 Å². The molecule has 0 atom stereocenters. The van der Waals surface area contributed by atoms with Crippen LogP contribution in [0.25, 0.3) is 11.0 Å². The van der Waals surface area contributed by atoms with Crippen molar-refractivity contribution in [2.45, 2.75) is 45.0 Å². The number of esters is 1. The van der Waals surface area contributed by atoms with Gasteiger partial charge in [-0.05, 0) is 32.9 Å². The van der Waals surface area contributed by atoms with E-state index < -0.39 is 0 Å². The van der Waals surface area contributed by atoms with Crippen LogP contribution in [0, 0.1) is 0 Å². The van der Waals surface area contributed by atoms with Gasteiger partial charge in [-0.3, -0.25) is 9.59 Å². The number of nitrogens with zero attached hydrogens (tertiary/aromatic N) is 2. The first-order chi connectivity index (χ1) is 11.5. The molecule has 7 heteroatoms. The number of para-hydroxylation sites is 2. The number of rotatable bonds is 8. The predicted octanol–water partition coefficient (Wildman–Crippen LogP) is 2.61. The SMILES string of the molecule is CCn1c(SCC(=O)NCCC(=O)OC(C)C)nc2ccccc21. The minimum atomic E-state index is -0.300. The highest BCUT2D eigenvalue weighted by molar-refractivity contribution is 7.99. The van der Waals surface area contributed by atoms with Crippen molar-refractivity contribution in [2.24, 2.45) is 0 Å². The minimum absolute atomic E-state index is 0.118. The number of hydrogen-bond acceptors (Lipinski definition) is 5. The summed E-state index contributed by atoms with van der Waals surface area (Å²) in [6.45, 7) is 6.74. The Balaban J connectivity index is 1.83. The van der Waals surface area contributed by atoms with E-state index in [1.54, 1.807) is 13.8 Å². The van der Waals surface area contributed by atoms with Gasteiger partial charge in [-0.25, -0.2) is 4.98 Å². The third-order valence-corrected chi connectivity index (χ3v) is 4.26. The van der Waals surface area contributed by atoms with Crippen molar-refractivity contribution in [3.8, 4) is 0 Å². The number of hydrogen-bond donors (Lipinski definition) is 1. The average Bonchev–Trinajstić information content (AvgIpc) is 2.89. The highest BCUT2D eigenvalue weighted by Crippen LogP contribution is 2.23. The minimum Gasteiger partial charge on any atom is -0.463 e. The topological polar surface area (TPSA) is 73.2 Å². The Labute approximate surface area is 146 Å². The molecule has 0 fully saturated rings. The normalized spacial score (nSPS) is 11.0. The van der Waals surface area contributed by atoms with Gasteiger partial charge in [0.05, 0.1) is 29.3 Å². The van der Waals surface area contributed by atoms with E-state index in [4.69, 9.17) is 4.74 Å². The Kier molecular flexibility index (Phi) is 6.66. The standard InChI is InChI=1S/C17H23N3O3S/c1-4-20-14-8-6-5-7-13(14)19-17(20)24-11-15(21)18-10-9-16(22)23-12(2)3/h5-8,12H,4,9-11H2,1-3H3,(H,18,21). The number of nitrogens with one attached hydrogen (secondary N) is 1. The van der Waals surface area contributed by atoms with E-state index in [1.807, 2.05) is 24.3 Å². The number of amides is 1. The number of carbonyl (C=O) groups is 2. The molecule has 0 aliphatic rings. The van der Waals surface area contributed by atoms with Crippen LogP contribution in [0.4, 0.5) is 0 Å². The maximum atomic E-state index is 11.9. The molecule has 2 rings (SSSR count). The lowest BCUT2D eigenvalue weighted by atomic mass is 10.3. The van der Waals surface area contributed by atoms with Gasteiger partial charge in [-0.2, -0.15) is 0 Å². The molecular formula is C17H23N3O3S. The Bertz CT molecular complexity index is 712. The smallest absolute Gasteiger partial charge is 0.307 e. The highest BCUT2D eigenvalue weighted by Gasteiger charge is 2.12. The van der Waals surface area contributed by atoms with E-state index in [0.717, 1.165) is 22.7 Å². The molecule has 1 aromatic carbocycles. The lowest BCUT2D eigenvalue weighted by Crippen LogP contribution is -2.28. The van der Waals surface area contributed by atoms with Crippen LogP contribution in [0.15, 0.2) is 29.4 Å². The maximum Gasteiger partial charge on any atom is 0.307 e. The van der Waals surface area contributed by atoms with Crippen LogP contribution in [0.1, 0.15) is 27.2 Å². The molecule has 1 N–H and O–H groups in total. The van der Waals surface area contributed by atoms with Crippen molar-refractivity contribution < 1.29 is 14.3 Å². The fourth-order valence-corrected chi connectivity index (χ4v) is 3.18. The molecule has 2 aromatic rings. The molecule has 0 bridgehead atoms. The largest absolute Gasteiger partial charge is 0.463 e. The summed E-state index contributed by atoms with van der Waals surface area (Å²) in [4.78, 5) is 27.9. The summed E-state index contributed by atoms with van der Waals surface area (Å²) >= 11 is 1.40. The lowest BCUT2D eigenvalue weighted by molar-refractivity contribution is -0.147. The molecule has 130 valence electrons. The second kappa shape index (κ2) is 8.73. The Morgan fingerprint density at radius 2 is 2.08 bits per heavy atom. The van der Waals surface area contributed by atoms with Crippen molar-refractivity contribution >= 4 is 34.7 Å². The first-order valence-electron chi connectivity index (χ1n) is 8.05. The van der Waals surface area contributed by atoms with Crippen molar-refractivity contribution in [3.63, 3.8) is 0 Å². The Morgan fingerprint density at radius 3 is 2.79 bits per heavy atom. The molecule has 1 amide bonds. The van der Waals surface area contributed by atoms with Gasteiger partial charge in [-0.15, -0.1) is 0 Å². The van der Waals surface area contributed by atoms with Crippen molar-refractivity contribution in [3.05, 3.63) is 24.3 Å². The van der Waals surface area contributed by atoms with Gasteiger partial charge >= 0.3 is 5.97 Å². The van der Waals surface area contributed by atoms with Gasteiger partial charge in [0.1, 0.15) is 0 Å². The second-order valence-electron chi connectivity index (χ2n) is 5.55. The average molecular weight is 349 g/mol. The number of benzene rings is 1. The van der Waals surface area contributed by atoms with Crippen LogP contribution in [-0.4, -0.2) is 39.8 Å². The molecule has 0 unspecified atom stereocenters. The number of ether oxygens (including phenoxy) is 1. The fraction of sp³-hybridized carbons (Fsp3) is 0.471. The molecule has 0 aliphatic heterocycles. The molecular weight excluding hydrogens is 326 g/mol. The van der Waals surface area contributed by atoms with Gasteiger partial charge in [0.25, 0.3) is 0 Å². The zero-order valence-corrected chi connectivity index (χ0v) is 15.1. The van der Waals surface area contributed by atoms with Gasteiger partial charge in [0.15, 0.2) is 5.16 Å². The summed E-state index contributed by atoms with van der Waals surface area (Å²) in [5, 5.41) is 3.56. The highest BCUT2D eigenvalue weighted by atomic mass is 32.2. The molecule has 0 radical (unpaired) electrons. The van der Waals surface area contributed by atoms with Gasteiger partial charge in [0, 0.05) is 13.1 Å². The zero-order valence-electron chi connectivity index (χ0n) is 14.2. The number of carbonyl (C=O) groups excluding carboxylic acids is 2. The summed E-state index contributed by atoms with van der Waals surface area (Å²) < 4.78 is 7.11. The first-order valence-corrected chi connectivity index (χ1v) is 9.04. The van der Waals surface area contributed by atoms with Crippen LogP contribution in [-0.2, 0) is 20.9 Å². The lowest BCUT2D eigenvalue weighted by Gasteiger charge is -2.08. The fourth-order valence-electron chi connectivity index (χ4n) is 2.28. The third kappa shape index (κ3) is 4.99. The van der Waals surface area contributed by atoms with Crippen LogP contribution >= 0.6 is 11.8 Å². The second-order valence-corrected chi connectivity index (χ2v) is 6.50. The molecule has 0 saturated carbocycles. The molecule has 24 heavy (non-hydrogen) atoms. The Hall–Kier alpha value is -2.02. The molecule has 6 nitrogen and oxygen atoms in total. The number of aromatic nitrogens is 2. The maximum absolute atomic E-state index is 11.9. The third-order valence-electron chi connectivity index (χ3n) is 3.29. The predicted molar refractivity (Wildman–Crippen MR) is 95.0 cm³/mol. The van der Waals surface area contributed by atoms with E-state index in [-0.39, 0.29) is 36.7 Å². The first kappa shape index (κ1) is 18.3. The van der Waals surface area contributed by atoms with E-state index in [2.05, 4.69) is 21.8 Å². The summed E-state index contributed by atoms with van der Waals surface area (Å²) in [6.07, 6.45) is 0.0491. The molecule has 1 heterocycles. The molecule has 0 saturated heterocycles. The zero-order chi connectivity index (χ0) is 17.5. The molecule has 0 aliphatic carbocycles. The summed E-state index contributed by atoms with van der Waals surface area (Å²) in [7, 11) is 0. The van der Waals surface area contributed by atoms with Crippen LogP contribution in [0.3, 0.4) is 0 Å². The number of aryl methyl sites for hydroxylation is 1. The summed E-state index contributed by atoms with van der Waals surface area (Å²) in [5.41, 5.74) is 2.00. The van der Waals surface area contributed by atoms with Crippen molar-refractivity contribution in [1.82, 2.24) is 14.9 Å². The van der Waals surface area contributed by atoms with Crippen molar-refractivity contribution in [1.29, 1.82) is 0 Å². The summed E-state index contributed by atoms with van der Waals surface area (Å²) in [6, 6.07) is 7.92. The molecule has 0 spiro atoms. The van der Waals surface area contributed by atoms with Crippen LogP contribution in [0.2, 0.25) is 0 Å². The van der Waals surface area contributed by atoms with Crippen LogP contribution in [0.5, 0.6) is 0 Å². The number of imidazole rings is 1. The number of fused-ring (bicyclic) bond motifs is 1. The molecule has 1 aromatic heterocycles. The van der Waals surface area contributed by atoms with E-state index in [9.17, 15) is 9.59 Å². The van der Waals surface area contributed by atoms with E-state index in [1.165, 1.54) is 11.8 Å². The van der Waals surface area contributed by atoms with E-state index in [0.29, 0.717) is 0 Å². The van der Waals surface area contributed by atoms with Crippen LogP contribution < -0.4 is 5.32 Å². The monoisotopic (exact) mass is 349 g/mol. The van der Waals surface area contributed by atoms with Gasteiger partial charge < -0.3 is 14.6 Å². The summed E-state index contributed by atoms with van der Waals surface area (Å²) in [5.74, 6) is -0.152. The Morgan fingerprint density at radius 1 is 1.33 bits per heavy atom. The quantitative estimate of drug-likeness (QED) is 0.586. The van der Waals surface area contributed by atoms with E-state index >= 15 is 0 Å².